The van der Waals surface area contributed by atoms with Crippen LogP contribution in [0.3, 0.4) is 0 Å². The summed E-state index contributed by atoms with van der Waals surface area (Å²) in [6, 6.07) is 11.8. The lowest BCUT2D eigenvalue weighted by atomic mass is 10.2. The smallest absolute Gasteiger partial charge is 0.140 e. The first-order chi connectivity index (χ1) is 9.58. The van der Waals surface area contributed by atoms with Crippen LogP contribution >= 0.6 is 43.5 Å². The Morgan fingerprint density at radius 3 is 2.65 bits per heavy atom. The molecule has 2 nitrogen and oxygen atoms in total. The Labute approximate surface area is 140 Å². The second kappa shape index (κ2) is 7.34. The highest BCUT2D eigenvalue weighted by molar-refractivity contribution is 9.10. The molecule has 0 atom stereocenters. The predicted octanol–water partition coefficient (Wildman–Crippen LogP) is 5.66. The lowest BCUT2D eigenvalue weighted by Gasteiger charge is -2.13. The number of aryl methyl sites for hydroxylation is 1. The second-order valence-electron chi connectivity index (χ2n) is 4.29. The van der Waals surface area contributed by atoms with E-state index in [-0.39, 0.29) is 0 Å². The summed E-state index contributed by atoms with van der Waals surface area (Å²) in [5.74, 6) is 0.740. The Balaban J connectivity index is 1.90. The molecule has 0 bridgehead atoms. The van der Waals surface area contributed by atoms with Crippen LogP contribution in [0, 0.1) is 6.92 Å². The molecule has 0 heterocycles. The lowest BCUT2D eigenvalue weighted by Crippen LogP contribution is -2.12. The molecule has 0 unspecified atom stereocenters. The van der Waals surface area contributed by atoms with Crippen molar-refractivity contribution >= 4 is 49.1 Å². The zero-order valence-corrected chi connectivity index (χ0v) is 14.8. The third-order valence-corrected chi connectivity index (χ3v) is 4.16. The van der Waals surface area contributed by atoms with E-state index in [0.29, 0.717) is 18.2 Å². The Morgan fingerprint density at radius 2 is 1.95 bits per heavy atom. The second-order valence-corrected chi connectivity index (χ2v) is 6.47. The Morgan fingerprint density at radius 1 is 1.20 bits per heavy atom. The highest BCUT2D eigenvalue weighted by Gasteiger charge is 2.07. The number of hydrogen-bond acceptors (Lipinski definition) is 2. The van der Waals surface area contributed by atoms with Crippen LogP contribution in [0.1, 0.15) is 5.56 Å². The van der Waals surface area contributed by atoms with Gasteiger partial charge in [0.2, 0.25) is 0 Å². The van der Waals surface area contributed by atoms with Crippen LogP contribution in [0.15, 0.2) is 45.3 Å². The van der Waals surface area contributed by atoms with Crippen LogP contribution in [0.2, 0.25) is 5.02 Å². The Hall–Kier alpha value is -0.710. The standard InChI is InChI=1S/C15H14Br2ClNO/c1-10-8-11(16)9-13(18)15(10)20-7-6-19-14-5-3-2-4-12(14)17/h2-5,8-9,19H,6-7H2,1H3. The number of benzene rings is 2. The van der Waals surface area contributed by atoms with Crippen molar-refractivity contribution in [2.75, 3.05) is 18.5 Å². The number of nitrogens with one attached hydrogen (secondary N) is 1. The molecule has 1 N–H and O–H groups in total. The average Bonchev–Trinajstić information content (AvgIpc) is 2.38. The van der Waals surface area contributed by atoms with Gasteiger partial charge in [0, 0.05) is 21.2 Å². The van der Waals surface area contributed by atoms with Gasteiger partial charge in [-0.05, 0) is 52.7 Å². The normalized spacial score (nSPS) is 10.4. The molecule has 2 rings (SSSR count). The number of ether oxygens (including phenoxy) is 1. The average molecular weight is 420 g/mol. The van der Waals surface area contributed by atoms with Crippen LogP contribution in [-0.4, -0.2) is 13.2 Å². The molecular weight excluding hydrogens is 405 g/mol. The Bertz CT molecular complexity index is 581. The number of hydrogen-bond donors (Lipinski definition) is 1. The molecular formula is C15H14Br2ClNO. The molecule has 0 saturated heterocycles. The van der Waals surface area contributed by atoms with E-state index in [1.165, 1.54) is 0 Å². The first kappa shape index (κ1) is 15.7. The molecule has 5 heteroatoms. The highest BCUT2D eigenvalue weighted by Crippen LogP contribution is 2.31. The summed E-state index contributed by atoms with van der Waals surface area (Å²) >= 11 is 13.1. The van der Waals surface area contributed by atoms with Crippen LogP contribution in [-0.2, 0) is 0 Å². The Kier molecular flexibility index (Phi) is 5.75. The molecule has 0 aromatic heterocycles. The van der Waals surface area contributed by atoms with Gasteiger partial charge in [-0.1, -0.05) is 39.7 Å². The number of para-hydroxylation sites is 1. The predicted molar refractivity (Wildman–Crippen MR) is 92.0 cm³/mol. The molecule has 2 aromatic rings. The van der Waals surface area contributed by atoms with Crippen molar-refractivity contribution in [3.8, 4) is 5.75 Å². The molecule has 0 fully saturated rings. The molecule has 0 saturated carbocycles. The molecule has 2 aromatic carbocycles. The van der Waals surface area contributed by atoms with E-state index in [4.69, 9.17) is 16.3 Å². The molecule has 106 valence electrons. The van der Waals surface area contributed by atoms with Crippen molar-refractivity contribution in [1.82, 2.24) is 0 Å². The van der Waals surface area contributed by atoms with Gasteiger partial charge in [-0.15, -0.1) is 0 Å². The summed E-state index contributed by atoms with van der Waals surface area (Å²) in [6.45, 7) is 3.23. The fourth-order valence-electron chi connectivity index (χ4n) is 1.82. The maximum absolute atomic E-state index is 6.17. The van der Waals surface area contributed by atoms with Crippen LogP contribution < -0.4 is 10.1 Å². The van der Waals surface area contributed by atoms with Gasteiger partial charge in [0.1, 0.15) is 12.4 Å². The van der Waals surface area contributed by atoms with Crippen molar-refractivity contribution in [1.29, 1.82) is 0 Å². The van der Waals surface area contributed by atoms with Gasteiger partial charge in [0.05, 0.1) is 5.02 Å². The van der Waals surface area contributed by atoms with Gasteiger partial charge < -0.3 is 10.1 Å². The lowest BCUT2D eigenvalue weighted by molar-refractivity contribution is 0.331. The largest absolute Gasteiger partial charge is 0.490 e. The van der Waals surface area contributed by atoms with Crippen molar-refractivity contribution in [2.45, 2.75) is 6.92 Å². The van der Waals surface area contributed by atoms with Gasteiger partial charge in [-0.3, -0.25) is 0 Å². The van der Waals surface area contributed by atoms with E-state index in [2.05, 4.69) is 37.2 Å². The SMILES string of the molecule is Cc1cc(Br)cc(Cl)c1OCCNc1ccccc1Br. The summed E-state index contributed by atoms with van der Waals surface area (Å²) in [7, 11) is 0. The van der Waals surface area contributed by atoms with E-state index >= 15 is 0 Å². The van der Waals surface area contributed by atoms with E-state index in [1.54, 1.807) is 0 Å². The van der Waals surface area contributed by atoms with Gasteiger partial charge in [-0.2, -0.15) is 0 Å². The summed E-state index contributed by atoms with van der Waals surface area (Å²) in [4.78, 5) is 0. The van der Waals surface area contributed by atoms with Gasteiger partial charge in [-0.25, -0.2) is 0 Å². The zero-order chi connectivity index (χ0) is 14.5. The van der Waals surface area contributed by atoms with Crippen molar-refractivity contribution in [3.63, 3.8) is 0 Å². The summed E-state index contributed by atoms with van der Waals surface area (Å²) in [5, 5.41) is 3.93. The van der Waals surface area contributed by atoms with Crippen LogP contribution in [0.25, 0.3) is 0 Å². The topological polar surface area (TPSA) is 21.3 Å². The summed E-state index contributed by atoms with van der Waals surface area (Å²) in [6.07, 6.45) is 0. The minimum Gasteiger partial charge on any atom is -0.490 e. The van der Waals surface area contributed by atoms with Crippen molar-refractivity contribution in [2.24, 2.45) is 0 Å². The molecule has 0 aliphatic rings. The molecule has 0 radical (unpaired) electrons. The highest BCUT2D eigenvalue weighted by atomic mass is 79.9. The first-order valence-corrected chi connectivity index (χ1v) is 8.11. The van der Waals surface area contributed by atoms with Crippen LogP contribution in [0.4, 0.5) is 5.69 Å². The fourth-order valence-corrected chi connectivity index (χ4v) is 3.27. The first-order valence-electron chi connectivity index (χ1n) is 6.15. The fraction of sp³-hybridized carbons (Fsp3) is 0.200. The third kappa shape index (κ3) is 4.14. The van der Waals surface area contributed by atoms with Crippen LogP contribution in [0.5, 0.6) is 5.75 Å². The number of halogens is 3. The summed E-state index contributed by atoms with van der Waals surface area (Å²) < 4.78 is 7.75. The van der Waals surface area contributed by atoms with E-state index in [9.17, 15) is 0 Å². The molecule has 0 aliphatic heterocycles. The van der Waals surface area contributed by atoms with Crippen molar-refractivity contribution in [3.05, 3.63) is 55.9 Å². The van der Waals surface area contributed by atoms with Crippen molar-refractivity contribution < 1.29 is 4.74 Å². The van der Waals surface area contributed by atoms with E-state index < -0.39 is 0 Å². The number of anilines is 1. The van der Waals surface area contributed by atoms with E-state index in [0.717, 1.165) is 25.9 Å². The molecule has 0 spiro atoms. The monoisotopic (exact) mass is 417 g/mol. The summed E-state index contributed by atoms with van der Waals surface area (Å²) in [5.41, 5.74) is 2.07. The molecule has 0 aliphatic carbocycles. The van der Waals surface area contributed by atoms with Gasteiger partial charge in [0.15, 0.2) is 0 Å². The minimum atomic E-state index is 0.545. The van der Waals surface area contributed by atoms with E-state index in [1.807, 2.05) is 43.3 Å². The van der Waals surface area contributed by atoms with Gasteiger partial charge >= 0.3 is 0 Å². The quantitative estimate of drug-likeness (QED) is 0.631. The maximum atomic E-state index is 6.17. The third-order valence-electron chi connectivity index (χ3n) is 2.73. The zero-order valence-electron chi connectivity index (χ0n) is 10.9. The minimum absolute atomic E-state index is 0.545. The van der Waals surface area contributed by atoms with Gasteiger partial charge in [0.25, 0.3) is 0 Å². The molecule has 0 amide bonds. The number of rotatable bonds is 5. The molecule has 20 heavy (non-hydrogen) atoms. The maximum Gasteiger partial charge on any atom is 0.140 e.